The third-order valence-electron chi connectivity index (χ3n) is 3.64. The van der Waals surface area contributed by atoms with Crippen molar-refractivity contribution in [1.82, 2.24) is 9.97 Å². The van der Waals surface area contributed by atoms with Crippen molar-refractivity contribution in [2.75, 3.05) is 16.9 Å². The summed E-state index contributed by atoms with van der Waals surface area (Å²) < 4.78 is 50.0. The van der Waals surface area contributed by atoms with Crippen LogP contribution in [-0.4, -0.2) is 20.8 Å². The van der Waals surface area contributed by atoms with E-state index in [2.05, 4.69) is 20.6 Å². The van der Waals surface area contributed by atoms with Crippen molar-refractivity contribution in [2.24, 2.45) is 0 Å². The third kappa shape index (κ3) is 5.06. The predicted octanol–water partition coefficient (Wildman–Crippen LogP) is 5.37. The lowest BCUT2D eigenvalue weighted by molar-refractivity contribution is -0.137. The molecule has 0 fully saturated rings. The number of benzene rings is 2. The molecule has 1 atom stereocenters. The zero-order chi connectivity index (χ0) is 20.3. The van der Waals surface area contributed by atoms with Crippen molar-refractivity contribution < 1.29 is 17.7 Å². The quantitative estimate of drug-likeness (QED) is 0.536. The van der Waals surface area contributed by atoms with Crippen LogP contribution in [0.3, 0.4) is 0 Å². The van der Waals surface area contributed by atoms with Crippen LogP contribution in [0.5, 0.6) is 0 Å². The monoisotopic (exact) mass is 426 g/mol. The summed E-state index contributed by atoms with van der Waals surface area (Å²) in [7, 11) is 0. The number of hydrogen-bond donors (Lipinski definition) is 2. The number of nitrogens with zero attached hydrogens (tertiary/aromatic N) is 2. The molecule has 0 amide bonds. The summed E-state index contributed by atoms with van der Waals surface area (Å²) in [5.74, 6) is 0.356. The number of alkyl halides is 3. The van der Waals surface area contributed by atoms with Crippen molar-refractivity contribution in [3.63, 3.8) is 0 Å². The lowest BCUT2D eigenvalue weighted by Gasteiger charge is -2.12. The maximum Gasteiger partial charge on any atom is 0.416 e. The average molecular weight is 427 g/mol. The van der Waals surface area contributed by atoms with E-state index < -0.39 is 22.9 Å². The normalized spacial score (nSPS) is 12.5. The summed E-state index contributed by atoms with van der Waals surface area (Å²) in [5, 5.41) is 5.88. The minimum absolute atomic E-state index is 0.152. The highest BCUT2D eigenvalue weighted by Crippen LogP contribution is 2.32. The number of hydrogen-bond acceptors (Lipinski definition) is 5. The lowest BCUT2D eigenvalue weighted by atomic mass is 10.2. The molecular weight excluding hydrogens is 413 g/mol. The molecule has 2 aromatic carbocycles. The van der Waals surface area contributed by atoms with Gasteiger partial charge in [0, 0.05) is 11.4 Å². The number of nitrogens with one attached hydrogen (secondary N) is 2. The minimum Gasteiger partial charge on any atom is -0.612 e. The molecule has 0 bridgehead atoms. The second-order valence-electron chi connectivity index (χ2n) is 5.70. The molecule has 1 unspecified atom stereocenters. The van der Waals surface area contributed by atoms with Crippen LogP contribution >= 0.6 is 11.6 Å². The van der Waals surface area contributed by atoms with Gasteiger partial charge >= 0.3 is 6.18 Å². The second-order valence-corrected chi connectivity index (χ2v) is 7.48. The van der Waals surface area contributed by atoms with Gasteiger partial charge in [-0.25, -0.2) is 4.98 Å². The predicted molar refractivity (Wildman–Crippen MR) is 104 cm³/mol. The summed E-state index contributed by atoms with van der Waals surface area (Å²) >= 11 is 4.97. The molecule has 0 spiro atoms. The Balaban J connectivity index is 1.80. The standard InChI is InChI=1S/C18H14ClF3N4OS/c1-28(27)14-7-5-12(6-8-14)25-17-23-10-15(19)16(26-17)24-13-4-2-3-11(9-13)18(20,21)22/h2-10H,1H3,(H2,23,24,25,26). The Kier molecular flexibility index (Phi) is 5.97. The van der Waals surface area contributed by atoms with E-state index in [9.17, 15) is 17.7 Å². The molecule has 0 saturated heterocycles. The zero-order valence-electron chi connectivity index (χ0n) is 14.4. The molecule has 0 aliphatic rings. The van der Waals surface area contributed by atoms with Gasteiger partial charge in [0.25, 0.3) is 0 Å². The molecule has 146 valence electrons. The van der Waals surface area contributed by atoms with E-state index in [1.165, 1.54) is 18.3 Å². The minimum atomic E-state index is -4.45. The van der Waals surface area contributed by atoms with Crippen molar-refractivity contribution in [3.05, 3.63) is 65.3 Å². The van der Waals surface area contributed by atoms with Crippen molar-refractivity contribution in [3.8, 4) is 0 Å². The molecule has 28 heavy (non-hydrogen) atoms. The molecular formula is C18H14ClF3N4OS. The Morgan fingerprint density at radius 2 is 1.75 bits per heavy atom. The molecule has 3 rings (SSSR count). The largest absolute Gasteiger partial charge is 0.612 e. The van der Waals surface area contributed by atoms with Gasteiger partial charge < -0.3 is 15.2 Å². The number of anilines is 4. The Bertz CT molecular complexity index is 968. The van der Waals surface area contributed by atoms with E-state index in [0.29, 0.717) is 10.6 Å². The number of aromatic nitrogens is 2. The van der Waals surface area contributed by atoms with Gasteiger partial charge in [-0.15, -0.1) is 0 Å². The fourth-order valence-corrected chi connectivity index (χ4v) is 2.94. The van der Waals surface area contributed by atoms with Crippen molar-refractivity contribution in [2.45, 2.75) is 11.1 Å². The SMILES string of the molecule is C[S+]([O-])c1ccc(Nc2ncc(Cl)c(Nc3cccc(C(F)(F)F)c3)n2)cc1. The molecule has 10 heteroatoms. The number of rotatable bonds is 5. The van der Waals surface area contributed by atoms with Crippen LogP contribution in [0.2, 0.25) is 5.02 Å². The Labute approximate surface area is 167 Å². The van der Waals surface area contributed by atoms with Crippen molar-refractivity contribution >= 4 is 45.9 Å². The van der Waals surface area contributed by atoms with Gasteiger partial charge in [0.05, 0.1) is 11.8 Å². The summed E-state index contributed by atoms with van der Waals surface area (Å²) in [6.45, 7) is 0. The maximum atomic E-state index is 12.9. The van der Waals surface area contributed by atoms with Gasteiger partial charge in [0.2, 0.25) is 5.95 Å². The average Bonchev–Trinajstić information content (AvgIpc) is 2.64. The van der Waals surface area contributed by atoms with Gasteiger partial charge in [-0.2, -0.15) is 18.2 Å². The van der Waals surface area contributed by atoms with E-state index in [1.54, 1.807) is 30.5 Å². The molecule has 3 aromatic rings. The van der Waals surface area contributed by atoms with E-state index in [0.717, 1.165) is 12.1 Å². The van der Waals surface area contributed by atoms with Crippen molar-refractivity contribution in [1.29, 1.82) is 0 Å². The first-order chi connectivity index (χ1) is 13.2. The molecule has 0 saturated carbocycles. The highest BCUT2D eigenvalue weighted by atomic mass is 35.5. The van der Waals surface area contributed by atoms with Gasteiger partial charge in [0.15, 0.2) is 10.7 Å². The molecule has 2 N–H and O–H groups in total. The van der Waals surface area contributed by atoms with Crippen LogP contribution in [0, 0.1) is 0 Å². The molecule has 0 aliphatic carbocycles. The second kappa shape index (κ2) is 8.26. The molecule has 0 radical (unpaired) electrons. The first-order valence-electron chi connectivity index (χ1n) is 7.90. The fourth-order valence-electron chi connectivity index (χ4n) is 2.28. The van der Waals surface area contributed by atoms with Crippen LogP contribution < -0.4 is 10.6 Å². The molecule has 5 nitrogen and oxygen atoms in total. The van der Waals surface area contributed by atoms with E-state index in [1.807, 2.05) is 0 Å². The third-order valence-corrected chi connectivity index (χ3v) is 4.85. The van der Waals surface area contributed by atoms with Gasteiger partial charge in [-0.3, -0.25) is 0 Å². The Morgan fingerprint density at radius 3 is 2.39 bits per heavy atom. The van der Waals surface area contributed by atoms with Gasteiger partial charge in [0.1, 0.15) is 11.3 Å². The van der Waals surface area contributed by atoms with E-state index in [4.69, 9.17) is 11.6 Å². The first kappa shape index (κ1) is 20.2. The summed E-state index contributed by atoms with van der Waals surface area (Å²) in [6, 6.07) is 11.6. The molecule has 0 aliphatic heterocycles. The zero-order valence-corrected chi connectivity index (χ0v) is 16.0. The highest BCUT2D eigenvalue weighted by Gasteiger charge is 2.30. The molecule has 1 heterocycles. The number of halogens is 4. The first-order valence-corrected chi connectivity index (χ1v) is 9.83. The van der Waals surface area contributed by atoms with Crippen LogP contribution in [0.1, 0.15) is 5.56 Å². The summed E-state index contributed by atoms with van der Waals surface area (Å²) in [4.78, 5) is 8.94. The highest BCUT2D eigenvalue weighted by molar-refractivity contribution is 7.90. The van der Waals surface area contributed by atoms with E-state index >= 15 is 0 Å². The van der Waals surface area contributed by atoms with Crippen LogP contribution in [-0.2, 0) is 17.4 Å². The fraction of sp³-hybridized carbons (Fsp3) is 0.111. The van der Waals surface area contributed by atoms with Gasteiger partial charge in [-0.1, -0.05) is 17.7 Å². The van der Waals surface area contributed by atoms with Crippen LogP contribution in [0.15, 0.2) is 59.6 Å². The topological polar surface area (TPSA) is 72.9 Å². The summed E-state index contributed by atoms with van der Waals surface area (Å²) in [6.07, 6.45) is -1.53. The van der Waals surface area contributed by atoms with Crippen LogP contribution in [0.4, 0.5) is 36.3 Å². The van der Waals surface area contributed by atoms with E-state index in [-0.39, 0.29) is 22.5 Å². The van der Waals surface area contributed by atoms with Crippen LogP contribution in [0.25, 0.3) is 0 Å². The summed E-state index contributed by atoms with van der Waals surface area (Å²) in [5.41, 5.74) is 0.0622. The Hall–Kier alpha value is -2.49. The Morgan fingerprint density at radius 1 is 1.04 bits per heavy atom. The molecule has 1 aromatic heterocycles. The lowest BCUT2D eigenvalue weighted by Crippen LogP contribution is -2.06. The maximum absolute atomic E-state index is 12.9. The smallest absolute Gasteiger partial charge is 0.416 e. The van der Waals surface area contributed by atoms with Gasteiger partial charge in [-0.05, 0) is 53.6 Å².